The highest BCUT2D eigenvalue weighted by Crippen LogP contribution is 2.33. The van der Waals surface area contributed by atoms with Crippen molar-refractivity contribution < 1.29 is 4.84 Å². The second kappa shape index (κ2) is 5.70. The highest BCUT2D eigenvalue weighted by molar-refractivity contribution is 7.13. The SMILES string of the molecule is Cc1ncsc1-c1ccc(C2(C)N=C(C3CCCN3)NO2)cc1. The molecule has 3 heterocycles. The van der Waals surface area contributed by atoms with E-state index in [0.717, 1.165) is 30.1 Å². The first-order chi connectivity index (χ1) is 11.2. The molecule has 0 saturated carbocycles. The Morgan fingerprint density at radius 3 is 2.78 bits per heavy atom. The van der Waals surface area contributed by atoms with Crippen molar-refractivity contribution in [3.8, 4) is 10.4 Å². The van der Waals surface area contributed by atoms with Crippen molar-refractivity contribution in [2.45, 2.75) is 38.5 Å². The minimum absolute atomic E-state index is 0.288. The topological polar surface area (TPSA) is 58.5 Å². The van der Waals surface area contributed by atoms with Gasteiger partial charge in [-0.2, -0.15) is 0 Å². The number of amidine groups is 1. The Labute approximate surface area is 139 Å². The van der Waals surface area contributed by atoms with Crippen LogP contribution in [0.5, 0.6) is 0 Å². The van der Waals surface area contributed by atoms with E-state index >= 15 is 0 Å². The normalized spacial score (nSPS) is 27.0. The molecule has 120 valence electrons. The van der Waals surface area contributed by atoms with Crippen LogP contribution in [0.15, 0.2) is 34.8 Å². The Kier molecular flexibility index (Phi) is 3.67. The van der Waals surface area contributed by atoms with Gasteiger partial charge in [-0.1, -0.05) is 24.3 Å². The van der Waals surface area contributed by atoms with E-state index in [2.05, 4.69) is 40.0 Å². The Morgan fingerprint density at radius 1 is 1.30 bits per heavy atom. The fraction of sp³-hybridized carbons (Fsp3) is 0.412. The van der Waals surface area contributed by atoms with Crippen molar-refractivity contribution in [1.82, 2.24) is 15.8 Å². The van der Waals surface area contributed by atoms with Crippen LogP contribution in [0.3, 0.4) is 0 Å². The third-order valence-electron chi connectivity index (χ3n) is 4.51. The number of nitrogens with zero attached hydrogens (tertiary/aromatic N) is 2. The van der Waals surface area contributed by atoms with Gasteiger partial charge in [0.05, 0.1) is 22.1 Å². The maximum Gasteiger partial charge on any atom is 0.209 e. The molecule has 4 rings (SSSR count). The largest absolute Gasteiger partial charge is 0.307 e. The molecule has 2 atom stereocenters. The minimum Gasteiger partial charge on any atom is -0.307 e. The molecular weight excluding hydrogens is 308 g/mol. The molecule has 2 aliphatic heterocycles. The Hall–Kier alpha value is -1.76. The third kappa shape index (κ3) is 2.67. The summed E-state index contributed by atoms with van der Waals surface area (Å²) >= 11 is 1.67. The van der Waals surface area contributed by atoms with Gasteiger partial charge in [0.2, 0.25) is 5.72 Å². The maximum atomic E-state index is 5.80. The zero-order valence-corrected chi connectivity index (χ0v) is 14.1. The number of hydrogen-bond acceptors (Lipinski definition) is 6. The van der Waals surface area contributed by atoms with E-state index in [1.54, 1.807) is 11.3 Å². The van der Waals surface area contributed by atoms with Crippen LogP contribution in [-0.4, -0.2) is 23.4 Å². The Morgan fingerprint density at radius 2 is 2.13 bits per heavy atom. The fourth-order valence-corrected chi connectivity index (χ4v) is 3.94. The van der Waals surface area contributed by atoms with Gasteiger partial charge in [0, 0.05) is 5.56 Å². The smallest absolute Gasteiger partial charge is 0.209 e. The summed E-state index contributed by atoms with van der Waals surface area (Å²) in [5.41, 5.74) is 7.54. The number of aromatic nitrogens is 1. The van der Waals surface area contributed by atoms with E-state index in [-0.39, 0.29) is 6.04 Å². The van der Waals surface area contributed by atoms with Gasteiger partial charge in [0.15, 0.2) is 0 Å². The summed E-state index contributed by atoms with van der Waals surface area (Å²) in [5, 5.41) is 3.44. The molecule has 2 unspecified atom stereocenters. The standard InChI is InChI=1S/C17H20N4OS/c1-11-15(23-10-19-11)12-5-7-13(8-6-12)17(2)20-16(21-22-17)14-4-3-9-18-14/h5-8,10,14,18H,3-4,9H2,1-2H3,(H,20,21). The molecule has 1 aromatic heterocycles. The molecular formula is C17H20N4OS. The average Bonchev–Trinajstić information content (AvgIpc) is 3.28. The van der Waals surface area contributed by atoms with E-state index in [1.165, 1.54) is 16.9 Å². The van der Waals surface area contributed by atoms with Gasteiger partial charge in [-0.3, -0.25) is 0 Å². The van der Waals surface area contributed by atoms with Crippen molar-refractivity contribution >= 4 is 17.2 Å². The molecule has 1 aromatic carbocycles. The molecule has 0 aliphatic carbocycles. The quantitative estimate of drug-likeness (QED) is 0.909. The molecule has 1 saturated heterocycles. The number of benzene rings is 1. The van der Waals surface area contributed by atoms with Crippen LogP contribution in [0.25, 0.3) is 10.4 Å². The van der Waals surface area contributed by atoms with Crippen molar-refractivity contribution in [2.24, 2.45) is 4.99 Å². The third-order valence-corrected chi connectivity index (χ3v) is 5.48. The van der Waals surface area contributed by atoms with Gasteiger partial charge in [-0.15, -0.1) is 11.3 Å². The lowest BCUT2D eigenvalue weighted by molar-refractivity contribution is -0.0458. The molecule has 0 radical (unpaired) electrons. The number of hydrogen-bond donors (Lipinski definition) is 2. The number of thiazole rings is 1. The van der Waals surface area contributed by atoms with Crippen LogP contribution in [0, 0.1) is 6.92 Å². The number of aryl methyl sites for hydroxylation is 1. The lowest BCUT2D eigenvalue weighted by Crippen LogP contribution is -2.37. The lowest BCUT2D eigenvalue weighted by Gasteiger charge is -2.19. The Balaban J connectivity index is 1.59. The number of rotatable bonds is 3. The zero-order chi connectivity index (χ0) is 15.9. The van der Waals surface area contributed by atoms with E-state index in [9.17, 15) is 0 Å². The summed E-state index contributed by atoms with van der Waals surface area (Å²) in [7, 11) is 0. The molecule has 1 fully saturated rings. The molecule has 0 spiro atoms. The zero-order valence-electron chi connectivity index (χ0n) is 13.3. The van der Waals surface area contributed by atoms with Crippen LogP contribution in [0.1, 0.15) is 31.0 Å². The van der Waals surface area contributed by atoms with Crippen LogP contribution < -0.4 is 10.8 Å². The van der Waals surface area contributed by atoms with Gasteiger partial charge >= 0.3 is 0 Å². The molecule has 0 bridgehead atoms. The van der Waals surface area contributed by atoms with Crippen LogP contribution >= 0.6 is 11.3 Å². The van der Waals surface area contributed by atoms with Gasteiger partial charge in [-0.05, 0) is 38.8 Å². The second-order valence-corrected chi connectivity index (χ2v) is 7.03. The van der Waals surface area contributed by atoms with E-state index in [4.69, 9.17) is 9.83 Å². The summed E-state index contributed by atoms with van der Waals surface area (Å²) in [4.78, 5) is 16.1. The number of hydroxylamine groups is 1. The van der Waals surface area contributed by atoms with Crippen molar-refractivity contribution in [2.75, 3.05) is 6.54 Å². The highest BCUT2D eigenvalue weighted by Gasteiger charge is 2.36. The van der Waals surface area contributed by atoms with Crippen molar-refractivity contribution in [3.05, 3.63) is 41.0 Å². The molecule has 0 amide bonds. The van der Waals surface area contributed by atoms with Crippen LogP contribution in [0.2, 0.25) is 0 Å². The summed E-state index contributed by atoms with van der Waals surface area (Å²) in [6.07, 6.45) is 2.29. The van der Waals surface area contributed by atoms with Crippen LogP contribution in [-0.2, 0) is 10.6 Å². The van der Waals surface area contributed by atoms with Gasteiger partial charge in [-0.25, -0.2) is 20.3 Å². The van der Waals surface area contributed by atoms with Gasteiger partial charge in [0.1, 0.15) is 5.84 Å². The predicted octanol–water partition coefficient (Wildman–Crippen LogP) is 2.98. The minimum atomic E-state index is -0.666. The predicted molar refractivity (Wildman–Crippen MR) is 92.3 cm³/mol. The second-order valence-electron chi connectivity index (χ2n) is 6.18. The molecule has 2 N–H and O–H groups in total. The Bertz CT molecular complexity index is 733. The molecule has 2 aliphatic rings. The van der Waals surface area contributed by atoms with E-state index in [1.807, 2.05) is 19.4 Å². The molecule has 5 nitrogen and oxygen atoms in total. The maximum absolute atomic E-state index is 5.80. The highest BCUT2D eigenvalue weighted by atomic mass is 32.1. The molecule has 23 heavy (non-hydrogen) atoms. The summed E-state index contributed by atoms with van der Waals surface area (Å²) < 4.78 is 0. The first kappa shape index (κ1) is 14.8. The first-order valence-electron chi connectivity index (χ1n) is 7.94. The van der Waals surface area contributed by atoms with Crippen molar-refractivity contribution in [1.29, 1.82) is 0 Å². The molecule has 6 heteroatoms. The number of nitrogens with one attached hydrogen (secondary N) is 2. The average molecular weight is 328 g/mol. The summed E-state index contributed by atoms with van der Waals surface area (Å²) in [6.45, 7) is 5.08. The first-order valence-corrected chi connectivity index (χ1v) is 8.82. The monoisotopic (exact) mass is 328 g/mol. The fourth-order valence-electron chi connectivity index (χ4n) is 3.13. The van der Waals surface area contributed by atoms with E-state index < -0.39 is 5.72 Å². The van der Waals surface area contributed by atoms with Crippen molar-refractivity contribution in [3.63, 3.8) is 0 Å². The van der Waals surface area contributed by atoms with Gasteiger partial charge < -0.3 is 5.32 Å². The lowest BCUT2D eigenvalue weighted by atomic mass is 10.0. The van der Waals surface area contributed by atoms with Crippen LogP contribution in [0.4, 0.5) is 0 Å². The summed E-state index contributed by atoms with van der Waals surface area (Å²) in [5.74, 6) is 0.910. The molecule has 2 aromatic rings. The van der Waals surface area contributed by atoms with E-state index in [0.29, 0.717) is 0 Å². The van der Waals surface area contributed by atoms with Gasteiger partial charge in [0.25, 0.3) is 0 Å². The summed E-state index contributed by atoms with van der Waals surface area (Å²) in [6, 6.07) is 8.70. The number of aliphatic imine (C=N–C) groups is 1.